The fraction of sp³-hybridized carbons (Fsp3) is 0.417. The van der Waals surface area contributed by atoms with Gasteiger partial charge >= 0.3 is 0 Å². The predicted octanol–water partition coefficient (Wildman–Crippen LogP) is 3.93. The lowest BCUT2D eigenvalue weighted by Gasteiger charge is -2.34. The lowest BCUT2D eigenvalue weighted by Crippen LogP contribution is -2.37. The first-order valence-electron chi connectivity index (χ1n) is 10.7. The van der Waals surface area contributed by atoms with E-state index in [2.05, 4.69) is 63.3 Å². The number of hydrogen-bond donors (Lipinski definition) is 0. The molecule has 0 saturated carbocycles. The molecule has 1 aromatic heterocycles. The number of morpholine rings is 1. The Bertz CT molecular complexity index is 956. The van der Waals surface area contributed by atoms with Crippen molar-refractivity contribution in [2.24, 2.45) is 5.92 Å². The third-order valence-electron chi connectivity index (χ3n) is 6.16. The molecule has 0 amide bonds. The van der Waals surface area contributed by atoms with Crippen LogP contribution in [0, 0.1) is 5.92 Å². The molecule has 2 fully saturated rings. The van der Waals surface area contributed by atoms with Crippen LogP contribution in [0.3, 0.4) is 0 Å². The van der Waals surface area contributed by atoms with Crippen LogP contribution in [0.1, 0.15) is 18.4 Å². The summed E-state index contributed by atoms with van der Waals surface area (Å²) in [6, 6.07) is 17.5. The number of hydrogen-bond acceptors (Lipinski definition) is 5. The van der Waals surface area contributed by atoms with Gasteiger partial charge in [0, 0.05) is 37.3 Å². The van der Waals surface area contributed by atoms with Crippen LogP contribution in [0.5, 0.6) is 0 Å². The molecular formula is C24H28N4O. The van der Waals surface area contributed by atoms with Crippen LogP contribution in [0.2, 0.25) is 0 Å². The number of benzene rings is 2. The molecule has 0 aliphatic carbocycles. The highest BCUT2D eigenvalue weighted by Crippen LogP contribution is 2.31. The SMILES string of the molecule is c1ccc(CC2CCCN(c3ncnc4cc(N5CCOCC5)ccc34)C2)cc1. The molecule has 29 heavy (non-hydrogen) atoms. The van der Waals surface area contributed by atoms with Gasteiger partial charge in [-0.2, -0.15) is 0 Å². The van der Waals surface area contributed by atoms with Crippen molar-refractivity contribution in [3.8, 4) is 0 Å². The fourth-order valence-corrected chi connectivity index (χ4v) is 4.67. The predicted molar refractivity (Wildman–Crippen MR) is 118 cm³/mol. The van der Waals surface area contributed by atoms with Crippen molar-refractivity contribution >= 4 is 22.4 Å². The van der Waals surface area contributed by atoms with Crippen LogP contribution in [-0.4, -0.2) is 49.4 Å². The molecule has 1 atom stereocenters. The summed E-state index contributed by atoms with van der Waals surface area (Å²) >= 11 is 0. The number of ether oxygens (including phenoxy) is 1. The van der Waals surface area contributed by atoms with Gasteiger partial charge in [-0.25, -0.2) is 9.97 Å². The Hall–Kier alpha value is -2.66. The van der Waals surface area contributed by atoms with E-state index in [9.17, 15) is 0 Å². The van der Waals surface area contributed by atoms with Crippen molar-refractivity contribution in [3.05, 3.63) is 60.4 Å². The van der Waals surface area contributed by atoms with Gasteiger partial charge in [-0.15, -0.1) is 0 Å². The molecule has 0 radical (unpaired) electrons. The summed E-state index contributed by atoms with van der Waals surface area (Å²) in [5.74, 6) is 1.75. The second kappa shape index (κ2) is 8.37. The average Bonchev–Trinajstić information content (AvgIpc) is 2.80. The number of piperidine rings is 1. The zero-order valence-corrected chi connectivity index (χ0v) is 16.8. The summed E-state index contributed by atoms with van der Waals surface area (Å²) in [6.45, 7) is 5.61. The van der Waals surface area contributed by atoms with Crippen LogP contribution in [-0.2, 0) is 11.2 Å². The summed E-state index contributed by atoms with van der Waals surface area (Å²) < 4.78 is 5.49. The minimum absolute atomic E-state index is 0.670. The van der Waals surface area contributed by atoms with Gasteiger partial charge in [0.05, 0.1) is 18.7 Å². The lowest BCUT2D eigenvalue weighted by atomic mass is 9.91. The molecule has 150 valence electrons. The highest BCUT2D eigenvalue weighted by molar-refractivity contribution is 5.91. The Labute approximate surface area is 172 Å². The van der Waals surface area contributed by atoms with E-state index in [1.165, 1.54) is 24.1 Å². The largest absolute Gasteiger partial charge is 0.378 e. The van der Waals surface area contributed by atoms with Crippen molar-refractivity contribution < 1.29 is 4.74 Å². The molecule has 3 heterocycles. The topological polar surface area (TPSA) is 41.5 Å². The van der Waals surface area contributed by atoms with Crippen LogP contribution in [0.25, 0.3) is 10.9 Å². The average molecular weight is 389 g/mol. The van der Waals surface area contributed by atoms with Gasteiger partial charge in [0.15, 0.2) is 0 Å². The molecule has 2 aliphatic heterocycles. The Kier molecular flexibility index (Phi) is 5.31. The van der Waals surface area contributed by atoms with Gasteiger partial charge in [-0.3, -0.25) is 0 Å². The van der Waals surface area contributed by atoms with E-state index in [1.807, 2.05) is 0 Å². The third kappa shape index (κ3) is 4.06. The van der Waals surface area contributed by atoms with Gasteiger partial charge < -0.3 is 14.5 Å². The molecule has 5 heteroatoms. The van der Waals surface area contributed by atoms with E-state index in [1.54, 1.807) is 6.33 Å². The number of anilines is 2. The smallest absolute Gasteiger partial charge is 0.139 e. The molecule has 1 unspecified atom stereocenters. The summed E-state index contributed by atoms with van der Waals surface area (Å²) in [7, 11) is 0. The van der Waals surface area contributed by atoms with Crippen molar-refractivity contribution in [1.29, 1.82) is 0 Å². The summed E-state index contributed by atoms with van der Waals surface area (Å²) in [6.07, 6.45) is 5.37. The van der Waals surface area contributed by atoms with Gasteiger partial charge in [0.1, 0.15) is 12.1 Å². The second-order valence-electron chi connectivity index (χ2n) is 8.14. The molecule has 0 spiro atoms. The van der Waals surface area contributed by atoms with Gasteiger partial charge in [0.2, 0.25) is 0 Å². The number of aromatic nitrogens is 2. The lowest BCUT2D eigenvalue weighted by molar-refractivity contribution is 0.122. The fourth-order valence-electron chi connectivity index (χ4n) is 4.67. The van der Waals surface area contributed by atoms with E-state index in [4.69, 9.17) is 9.72 Å². The van der Waals surface area contributed by atoms with Crippen molar-refractivity contribution in [2.75, 3.05) is 49.2 Å². The maximum absolute atomic E-state index is 5.49. The molecule has 5 nitrogen and oxygen atoms in total. The standard InChI is InChI=1S/C24H28N4O/c1-2-5-19(6-3-1)15-20-7-4-10-28(17-20)24-22-9-8-21(16-23(22)25-18-26-24)27-11-13-29-14-12-27/h1-3,5-6,8-9,16,18,20H,4,7,10-15,17H2. The Morgan fingerprint density at radius 3 is 2.66 bits per heavy atom. The quantitative estimate of drug-likeness (QED) is 0.677. The molecule has 3 aromatic rings. The van der Waals surface area contributed by atoms with E-state index in [0.717, 1.165) is 62.5 Å². The molecule has 2 saturated heterocycles. The van der Waals surface area contributed by atoms with E-state index in [0.29, 0.717) is 5.92 Å². The van der Waals surface area contributed by atoms with Gasteiger partial charge in [0.25, 0.3) is 0 Å². The van der Waals surface area contributed by atoms with Crippen LogP contribution >= 0.6 is 0 Å². The van der Waals surface area contributed by atoms with Gasteiger partial charge in [-0.1, -0.05) is 30.3 Å². The van der Waals surface area contributed by atoms with Crippen molar-refractivity contribution in [1.82, 2.24) is 9.97 Å². The van der Waals surface area contributed by atoms with E-state index < -0.39 is 0 Å². The summed E-state index contributed by atoms with van der Waals surface area (Å²) in [5, 5.41) is 1.16. The Balaban J connectivity index is 1.37. The van der Waals surface area contributed by atoms with E-state index in [-0.39, 0.29) is 0 Å². The van der Waals surface area contributed by atoms with Gasteiger partial charge in [-0.05, 0) is 48.9 Å². The highest BCUT2D eigenvalue weighted by atomic mass is 16.5. The number of rotatable bonds is 4. The van der Waals surface area contributed by atoms with E-state index >= 15 is 0 Å². The monoisotopic (exact) mass is 388 g/mol. The maximum Gasteiger partial charge on any atom is 0.139 e. The highest BCUT2D eigenvalue weighted by Gasteiger charge is 2.23. The summed E-state index contributed by atoms with van der Waals surface area (Å²) in [5.41, 5.74) is 3.69. The molecular weight excluding hydrogens is 360 g/mol. The first kappa shape index (κ1) is 18.4. The van der Waals surface area contributed by atoms with Crippen LogP contribution < -0.4 is 9.80 Å². The first-order valence-corrected chi connectivity index (χ1v) is 10.7. The molecule has 0 bridgehead atoms. The number of nitrogens with zero attached hydrogens (tertiary/aromatic N) is 4. The molecule has 0 N–H and O–H groups in total. The molecule has 5 rings (SSSR count). The zero-order chi connectivity index (χ0) is 19.5. The minimum Gasteiger partial charge on any atom is -0.378 e. The second-order valence-corrected chi connectivity index (χ2v) is 8.14. The number of fused-ring (bicyclic) bond motifs is 1. The molecule has 2 aliphatic rings. The van der Waals surface area contributed by atoms with Crippen molar-refractivity contribution in [2.45, 2.75) is 19.3 Å². The van der Waals surface area contributed by atoms with Crippen molar-refractivity contribution in [3.63, 3.8) is 0 Å². The summed E-state index contributed by atoms with van der Waals surface area (Å²) in [4.78, 5) is 14.1. The van der Waals surface area contributed by atoms with Crippen LogP contribution in [0.15, 0.2) is 54.9 Å². The molecule has 2 aromatic carbocycles. The zero-order valence-electron chi connectivity index (χ0n) is 16.8. The first-order chi connectivity index (χ1) is 14.4. The Morgan fingerprint density at radius 2 is 1.79 bits per heavy atom. The maximum atomic E-state index is 5.49. The van der Waals surface area contributed by atoms with Crippen LogP contribution in [0.4, 0.5) is 11.5 Å². The minimum atomic E-state index is 0.670. The third-order valence-corrected chi connectivity index (χ3v) is 6.16. The normalized spacial score (nSPS) is 20.2. The Morgan fingerprint density at radius 1 is 0.931 bits per heavy atom.